The fourth-order valence-electron chi connectivity index (χ4n) is 2.13. The lowest BCUT2D eigenvalue weighted by Crippen LogP contribution is -2.32. The lowest BCUT2D eigenvalue weighted by atomic mass is 9.97. The normalized spacial score (nSPS) is 34.5. The Hall–Kier alpha value is -0.790. The van der Waals surface area contributed by atoms with E-state index in [1.807, 2.05) is 4.90 Å². The minimum Gasteiger partial charge on any atom is -0.339 e. The molecule has 0 aromatic rings. The van der Waals surface area contributed by atoms with Crippen LogP contribution in [0.5, 0.6) is 0 Å². The second-order valence-corrected chi connectivity index (χ2v) is 3.48. The Morgan fingerprint density at radius 2 is 2.45 bits per heavy atom. The Labute approximate surface area is 66.9 Å². The summed E-state index contributed by atoms with van der Waals surface area (Å²) < 4.78 is 0. The number of rotatable bonds is 0. The van der Waals surface area contributed by atoms with Crippen molar-refractivity contribution in [3.63, 3.8) is 0 Å². The second kappa shape index (κ2) is 2.36. The van der Waals surface area contributed by atoms with Crippen molar-refractivity contribution in [2.24, 2.45) is 5.92 Å². The van der Waals surface area contributed by atoms with Crippen LogP contribution in [0.1, 0.15) is 19.8 Å². The number of hydrogen-bond acceptors (Lipinski definition) is 1. The summed E-state index contributed by atoms with van der Waals surface area (Å²) in [4.78, 5) is 13.1. The number of nitrogens with zero attached hydrogens (tertiary/aromatic N) is 1. The van der Waals surface area contributed by atoms with Crippen molar-refractivity contribution in [3.8, 4) is 0 Å². The van der Waals surface area contributed by atoms with Gasteiger partial charge in [-0.05, 0) is 18.8 Å². The predicted molar refractivity (Wildman–Crippen MR) is 43.0 cm³/mol. The van der Waals surface area contributed by atoms with Gasteiger partial charge in [0.2, 0.25) is 5.91 Å². The number of carbonyl (C=O) groups is 1. The van der Waals surface area contributed by atoms with Gasteiger partial charge < -0.3 is 4.90 Å². The van der Waals surface area contributed by atoms with E-state index in [-0.39, 0.29) is 5.91 Å². The van der Waals surface area contributed by atoms with Gasteiger partial charge in [-0.25, -0.2) is 0 Å². The maximum absolute atomic E-state index is 11.1. The van der Waals surface area contributed by atoms with Gasteiger partial charge in [0.05, 0.1) is 0 Å². The third-order valence-corrected chi connectivity index (χ3v) is 2.67. The topological polar surface area (TPSA) is 20.3 Å². The van der Waals surface area contributed by atoms with Crippen LogP contribution >= 0.6 is 0 Å². The molecule has 2 atom stereocenters. The van der Waals surface area contributed by atoms with Crippen LogP contribution in [0.15, 0.2) is 12.2 Å². The molecule has 2 heteroatoms. The number of fused-ring (bicyclic) bond motifs is 2. The van der Waals surface area contributed by atoms with Crippen molar-refractivity contribution in [2.75, 3.05) is 6.54 Å². The molecule has 0 N–H and O–H groups in total. The van der Waals surface area contributed by atoms with E-state index in [4.69, 9.17) is 0 Å². The summed E-state index contributed by atoms with van der Waals surface area (Å²) in [5, 5.41) is 0. The maximum atomic E-state index is 11.1. The molecule has 2 rings (SSSR count). The van der Waals surface area contributed by atoms with Crippen LogP contribution in [0.2, 0.25) is 0 Å². The molecule has 2 bridgehead atoms. The molecule has 0 aromatic carbocycles. The molecule has 2 unspecified atom stereocenters. The van der Waals surface area contributed by atoms with Crippen molar-refractivity contribution in [1.29, 1.82) is 0 Å². The second-order valence-electron chi connectivity index (χ2n) is 3.48. The van der Waals surface area contributed by atoms with Gasteiger partial charge >= 0.3 is 0 Å². The summed E-state index contributed by atoms with van der Waals surface area (Å²) in [5.74, 6) is 0.888. The Balaban J connectivity index is 2.14. The third kappa shape index (κ3) is 1.06. The third-order valence-electron chi connectivity index (χ3n) is 2.67. The predicted octanol–water partition coefficient (Wildman–Crippen LogP) is 1.18. The van der Waals surface area contributed by atoms with Crippen molar-refractivity contribution >= 4 is 5.91 Å². The van der Waals surface area contributed by atoms with Gasteiger partial charge in [-0.3, -0.25) is 4.79 Å². The highest BCUT2D eigenvalue weighted by Gasteiger charge is 2.33. The van der Waals surface area contributed by atoms with Crippen molar-refractivity contribution in [1.82, 2.24) is 4.90 Å². The molecule has 1 amide bonds. The number of likely N-dealkylation sites (tertiary alicyclic amines) is 1. The lowest BCUT2D eigenvalue weighted by Gasteiger charge is -2.21. The first-order valence-electron chi connectivity index (χ1n) is 4.21. The fourth-order valence-corrected chi connectivity index (χ4v) is 2.13. The molecule has 0 spiro atoms. The SMILES string of the molecule is CC(=O)N1CC2C=CCC1C2. The van der Waals surface area contributed by atoms with E-state index in [0.717, 1.165) is 13.0 Å². The van der Waals surface area contributed by atoms with Crippen molar-refractivity contribution < 1.29 is 4.79 Å². The summed E-state index contributed by atoms with van der Waals surface area (Å²) in [5.41, 5.74) is 0. The van der Waals surface area contributed by atoms with E-state index < -0.39 is 0 Å². The number of hydrogen-bond donors (Lipinski definition) is 0. The van der Waals surface area contributed by atoms with E-state index >= 15 is 0 Å². The zero-order chi connectivity index (χ0) is 7.84. The van der Waals surface area contributed by atoms with Crippen LogP contribution in [0.3, 0.4) is 0 Å². The first-order valence-corrected chi connectivity index (χ1v) is 4.21. The maximum Gasteiger partial charge on any atom is 0.219 e. The van der Waals surface area contributed by atoms with Crippen LogP contribution in [-0.2, 0) is 4.79 Å². The van der Waals surface area contributed by atoms with Gasteiger partial charge in [-0.15, -0.1) is 0 Å². The zero-order valence-electron chi connectivity index (χ0n) is 6.79. The van der Waals surface area contributed by atoms with E-state index in [2.05, 4.69) is 12.2 Å². The first-order chi connectivity index (χ1) is 5.27. The average Bonchev–Trinajstić information content (AvgIpc) is 2.27. The quantitative estimate of drug-likeness (QED) is 0.476. The van der Waals surface area contributed by atoms with Crippen molar-refractivity contribution in [3.05, 3.63) is 12.2 Å². The van der Waals surface area contributed by atoms with Crippen LogP contribution in [0.25, 0.3) is 0 Å². The average molecular weight is 151 g/mol. The Kier molecular flexibility index (Phi) is 1.48. The molecule has 0 radical (unpaired) electrons. The molecule has 1 heterocycles. The van der Waals surface area contributed by atoms with E-state index in [1.54, 1.807) is 6.92 Å². The van der Waals surface area contributed by atoms with Gasteiger partial charge in [-0.2, -0.15) is 0 Å². The van der Waals surface area contributed by atoms with Gasteiger partial charge in [-0.1, -0.05) is 12.2 Å². The molecule has 2 nitrogen and oxygen atoms in total. The molecule has 60 valence electrons. The van der Waals surface area contributed by atoms with Gasteiger partial charge in [0.1, 0.15) is 0 Å². The molecule has 2 aliphatic rings. The molecule has 1 saturated heterocycles. The summed E-state index contributed by atoms with van der Waals surface area (Å²) >= 11 is 0. The highest BCUT2D eigenvalue weighted by molar-refractivity contribution is 5.74. The summed E-state index contributed by atoms with van der Waals surface area (Å²) in [6.45, 7) is 2.62. The van der Waals surface area contributed by atoms with Crippen LogP contribution in [0.4, 0.5) is 0 Å². The van der Waals surface area contributed by atoms with Crippen LogP contribution < -0.4 is 0 Å². The molecule has 1 fully saturated rings. The molecule has 0 aromatic heterocycles. The highest BCUT2D eigenvalue weighted by atomic mass is 16.2. The Morgan fingerprint density at radius 3 is 3.09 bits per heavy atom. The fraction of sp³-hybridized carbons (Fsp3) is 0.667. The van der Waals surface area contributed by atoms with E-state index in [0.29, 0.717) is 12.0 Å². The largest absolute Gasteiger partial charge is 0.339 e. The Bertz CT molecular complexity index is 210. The summed E-state index contributed by atoms with van der Waals surface area (Å²) in [6.07, 6.45) is 6.72. The van der Waals surface area contributed by atoms with Gasteiger partial charge in [0.25, 0.3) is 0 Å². The van der Waals surface area contributed by atoms with Crippen LogP contribution in [-0.4, -0.2) is 23.4 Å². The lowest BCUT2D eigenvalue weighted by molar-refractivity contribution is -0.129. The highest BCUT2D eigenvalue weighted by Crippen LogP contribution is 2.30. The first kappa shape index (κ1) is 6.89. The monoisotopic (exact) mass is 151 g/mol. The van der Waals surface area contributed by atoms with Crippen LogP contribution in [0, 0.1) is 5.92 Å². The van der Waals surface area contributed by atoms with Gasteiger partial charge in [0.15, 0.2) is 0 Å². The van der Waals surface area contributed by atoms with E-state index in [9.17, 15) is 4.79 Å². The minimum atomic E-state index is 0.237. The summed E-state index contributed by atoms with van der Waals surface area (Å²) in [7, 11) is 0. The standard InChI is InChI=1S/C9H13NO/c1-7(11)10-6-8-3-2-4-9(10)5-8/h2-3,8-9H,4-6H2,1H3. The molecular formula is C9H13NO. The van der Waals surface area contributed by atoms with E-state index in [1.165, 1.54) is 6.42 Å². The molecule has 11 heavy (non-hydrogen) atoms. The van der Waals surface area contributed by atoms with Gasteiger partial charge in [0, 0.05) is 19.5 Å². The summed E-state index contributed by atoms with van der Waals surface area (Å²) in [6, 6.07) is 0.516. The molecular weight excluding hydrogens is 138 g/mol. The molecule has 0 saturated carbocycles. The van der Waals surface area contributed by atoms with Crippen molar-refractivity contribution in [2.45, 2.75) is 25.8 Å². The molecule has 1 aliphatic heterocycles. The smallest absolute Gasteiger partial charge is 0.219 e. The minimum absolute atomic E-state index is 0.237. The molecule has 1 aliphatic carbocycles. The Morgan fingerprint density at radius 1 is 1.64 bits per heavy atom. The number of amides is 1. The zero-order valence-corrected chi connectivity index (χ0v) is 6.79. The number of carbonyl (C=O) groups excluding carboxylic acids is 1.